The highest BCUT2D eigenvalue weighted by atomic mass is 79.9. The van der Waals surface area contributed by atoms with Crippen LogP contribution in [-0.2, 0) is 11.3 Å². The van der Waals surface area contributed by atoms with Crippen molar-refractivity contribution in [3.8, 4) is 0 Å². The summed E-state index contributed by atoms with van der Waals surface area (Å²) < 4.78 is 6.76. The molecule has 1 fully saturated rings. The van der Waals surface area contributed by atoms with Gasteiger partial charge in [0.25, 0.3) is 0 Å². The first-order valence-electron chi connectivity index (χ1n) is 7.27. The number of benzene rings is 1. The molecule has 0 amide bonds. The van der Waals surface area contributed by atoms with Crippen LogP contribution in [0, 0.1) is 0 Å². The van der Waals surface area contributed by atoms with Gasteiger partial charge in [-0.3, -0.25) is 0 Å². The van der Waals surface area contributed by atoms with Gasteiger partial charge in [-0.2, -0.15) is 0 Å². The lowest BCUT2D eigenvalue weighted by atomic mass is 9.99. The molecule has 2 rings (SSSR count). The van der Waals surface area contributed by atoms with E-state index in [2.05, 4.69) is 72.0 Å². The molecule has 0 aromatic heterocycles. The number of morpholine rings is 1. The minimum atomic E-state index is 0.0403. The second-order valence-electron chi connectivity index (χ2n) is 6.33. The van der Waals surface area contributed by atoms with Crippen molar-refractivity contribution in [1.82, 2.24) is 5.32 Å². The zero-order valence-corrected chi connectivity index (χ0v) is 14.5. The van der Waals surface area contributed by atoms with Gasteiger partial charge in [0, 0.05) is 29.3 Å². The van der Waals surface area contributed by atoms with Crippen LogP contribution in [0.1, 0.15) is 33.3 Å². The van der Waals surface area contributed by atoms with E-state index in [0.29, 0.717) is 6.04 Å². The van der Waals surface area contributed by atoms with Crippen LogP contribution in [0.25, 0.3) is 0 Å². The zero-order chi connectivity index (χ0) is 14.8. The second-order valence-corrected chi connectivity index (χ2v) is 7.24. The molecule has 0 aliphatic carbocycles. The lowest BCUT2D eigenvalue weighted by molar-refractivity contribution is 0.0643. The summed E-state index contributed by atoms with van der Waals surface area (Å²) in [4.78, 5) is 2.47. The largest absolute Gasteiger partial charge is 0.377 e. The number of hydrogen-bond donors (Lipinski definition) is 1. The summed E-state index contributed by atoms with van der Waals surface area (Å²) >= 11 is 3.58. The number of ether oxygens (including phenoxy) is 1. The fourth-order valence-electron chi connectivity index (χ4n) is 2.58. The number of halogens is 1. The van der Waals surface area contributed by atoms with E-state index in [4.69, 9.17) is 4.74 Å². The van der Waals surface area contributed by atoms with E-state index in [-0.39, 0.29) is 5.54 Å². The van der Waals surface area contributed by atoms with Crippen LogP contribution in [0.2, 0.25) is 0 Å². The van der Waals surface area contributed by atoms with Gasteiger partial charge in [-0.1, -0.05) is 29.8 Å². The maximum Gasteiger partial charge on any atom is 0.0694 e. The third-order valence-electron chi connectivity index (χ3n) is 3.68. The van der Waals surface area contributed by atoms with E-state index in [1.54, 1.807) is 0 Å². The summed E-state index contributed by atoms with van der Waals surface area (Å²) in [5.74, 6) is 0. The van der Waals surface area contributed by atoms with Gasteiger partial charge in [0.1, 0.15) is 0 Å². The Balaban J connectivity index is 2.29. The minimum absolute atomic E-state index is 0.0403. The van der Waals surface area contributed by atoms with Crippen molar-refractivity contribution in [2.24, 2.45) is 0 Å². The Morgan fingerprint density at radius 3 is 2.80 bits per heavy atom. The number of nitrogens with zero attached hydrogens (tertiary/aromatic N) is 1. The smallest absolute Gasteiger partial charge is 0.0694 e. The molecule has 3 nitrogen and oxygen atoms in total. The van der Waals surface area contributed by atoms with E-state index in [1.165, 1.54) is 11.3 Å². The third kappa shape index (κ3) is 3.74. The van der Waals surface area contributed by atoms with Crippen molar-refractivity contribution in [3.05, 3.63) is 28.2 Å². The molecule has 0 saturated carbocycles. The fraction of sp³-hybridized carbons (Fsp3) is 0.625. The van der Waals surface area contributed by atoms with E-state index >= 15 is 0 Å². The molecule has 0 atom stereocenters. The van der Waals surface area contributed by atoms with Crippen molar-refractivity contribution in [2.75, 3.05) is 24.7 Å². The molecule has 0 unspecified atom stereocenters. The van der Waals surface area contributed by atoms with Crippen molar-refractivity contribution in [1.29, 1.82) is 0 Å². The van der Waals surface area contributed by atoms with E-state index in [1.807, 2.05) is 0 Å². The SMILES string of the molecule is CC(C)NCc1cc(Br)ccc1N1CCOCC1(C)C. The number of nitrogens with one attached hydrogen (secondary N) is 1. The summed E-state index contributed by atoms with van der Waals surface area (Å²) in [6.07, 6.45) is 0. The molecule has 1 aliphatic heterocycles. The minimum Gasteiger partial charge on any atom is -0.377 e. The highest BCUT2D eigenvalue weighted by molar-refractivity contribution is 9.10. The monoisotopic (exact) mass is 340 g/mol. The molecule has 4 heteroatoms. The van der Waals surface area contributed by atoms with E-state index < -0.39 is 0 Å². The highest BCUT2D eigenvalue weighted by Crippen LogP contribution is 2.31. The predicted molar refractivity (Wildman–Crippen MR) is 88.4 cm³/mol. The average Bonchev–Trinajstić information content (AvgIpc) is 2.37. The molecule has 1 aliphatic rings. The molecule has 20 heavy (non-hydrogen) atoms. The first-order chi connectivity index (χ1) is 9.40. The maximum absolute atomic E-state index is 5.63. The standard InChI is InChI=1S/C16H25BrN2O/c1-12(2)18-10-13-9-14(17)5-6-15(13)19-7-8-20-11-16(19,3)4/h5-6,9,12,18H,7-8,10-11H2,1-4H3. The molecule has 1 aromatic carbocycles. The summed E-state index contributed by atoms with van der Waals surface area (Å²) in [6, 6.07) is 7.05. The molecule has 0 spiro atoms. The Morgan fingerprint density at radius 1 is 1.40 bits per heavy atom. The summed E-state index contributed by atoms with van der Waals surface area (Å²) in [5, 5.41) is 3.52. The van der Waals surface area contributed by atoms with Crippen molar-refractivity contribution >= 4 is 21.6 Å². The first kappa shape index (κ1) is 15.8. The van der Waals surface area contributed by atoms with Crippen LogP contribution in [-0.4, -0.2) is 31.3 Å². The number of anilines is 1. The Bertz CT molecular complexity index is 460. The molecule has 1 saturated heterocycles. The number of hydrogen-bond acceptors (Lipinski definition) is 3. The Kier molecular flexibility index (Phi) is 5.10. The summed E-state index contributed by atoms with van der Waals surface area (Å²) in [6.45, 7) is 12.3. The lowest BCUT2D eigenvalue weighted by Gasteiger charge is -2.44. The van der Waals surface area contributed by atoms with Crippen LogP contribution in [0.3, 0.4) is 0 Å². The number of rotatable bonds is 4. The molecule has 1 aromatic rings. The molecule has 1 heterocycles. The first-order valence-corrected chi connectivity index (χ1v) is 8.06. The van der Waals surface area contributed by atoms with Gasteiger partial charge >= 0.3 is 0 Å². The van der Waals surface area contributed by atoms with Crippen LogP contribution >= 0.6 is 15.9 Å². The molecule has 0 bridgehead atoms. The molecule has 112 valence electrons. The van der Waals surface area contributed by atoms with Gasteiger partial charge < -0.3 is 15.0 Å². The van der Waals surface area contributed by atoms with Gasteiger partial charge in [-0.25, -0.2) is 0 Å². The van der Waals surface area contributed by atoms with E-state index in [0.717, 1.165) is 30.8 Å². The van der Waals surface area contributed by atoms with Gasteiger partial charge in [-0.05, 0) is 37.6 Å². The lowest BCUT2D eigenvalue weighted by Crippen LogP contribution is -2.53. The van der Waals surface area contributed by atoms with Crippen LogP contribution < -0.4 is 10.2 Å². The molecule has 1 N–H and O–H groups in total. The Morgan fingerprint density at radius 2 is 2.15 bits per heavy atom. The topological polar surface area (TPSA) is 24.5 Å². The maximum atomic E-state index is 5.63. The van der Waals surface area contributed by atoms with Gasteiger partial charge in [-0.15, -0.1) is 0 Å². The Labute approximate surface area is 130 Å². The third-order valence-corrected chi connectivity index (χ3v) is 4.17. The van der Waals surface area contributed by atoms with Gasteiger partial charge in [0.15, 0.2) is 0 Å². The molecular weight excluding hydrogens is 316 g/mol. The van der Waals surface area contributed by atoms with Gasteiger partial charge in [0.2, 0.25) is 0 Å². The highest BCUT2D eigenvalue weighted by Gasteiger charge is 2.31. The normalized spacial score (nSPS) is 18.6. The molecular formula is C16H25BrN2O. The average molecular weight is 341 g/mol. The van der Waals surface area contributed by atoms with Crippen LogP contribution in [0.5, 0.6) is 0 Å². The van der Waals surface area contributed by atoms with Crippen LogP contribution in [0.4, 0.5) is 5.69 Å². The zero-order valence-electron chi connectivity index (χ0n) is 12.9. The van der Waals surface area contributed by atoms with E-state index in [9.17, 15) is 0 Å². The summed E-state index contributed by atoms with van der Waals surface area (Å²) in [5.41, 5.74) is 2.69. The van der Waals surface area contributed by atoms with Crippen molar-refractivity contribution < 1.29 is 4.74 Å². The van der Waals surface area contributed by atoms with Crippen molar-refractivity contribution in [3.63, 3.8) is 0 Å². The van der Waals surface area contributed by atoms with Gasteiger partial charge in [0.05, 0.1) is 18.8 Å². The summed E-state index contributed by atoms with van der Waals surface area (Å²) in [7, 11) is 0. The van der Waals surface area contributed by atoms with Crippen molar-refractivity contribution in [2.45, 2.75) is 45.8 Å². The predicted octanol–water partition coefficient (Wildman–Crippen LogP) is 3.56. The molecule has 0 radical (unpaired) electrons. The second kappa shape index (κ2) is 6.46. The fourth-order valence-corrected chi connectivity index (χ4v) is 2.99. The van der Waals surface area contributed by atoms with Crippen LogP contribution in [0.15, 0.2) is 22.7 Å². The Hall–Kier alpha value is -0.580. The quantitative estimate of drug-likeness (QED) is 0.906.